The number of benzene rings is 2. The van der Waals surface area contributed by atoms with Gasteiger partial charge in [-0.1, -0.05) is 23.2 Å². The highest BCUT2D eigenvalue weighted by Crippen LogP contribution is 2.21. The molecule has 1 saturated carbocycles. The Balaban J connectivity index is 1.81. The van der Waals surface area contributed by atoms with Crippen molar-refractivity contribution in [1.82, 2.24) is 0 Å². The first-order valence-electron chi connectivity index (χ1n) is 7.24. The van der Waals surface area contributed by atoms with E-state index in [2.05, 4.69) is 9.98 Å². The number of rotatable bonds is 2. The number of carbonyl (C=O) groups is 2. The Bertz CT molecular complexity index is 780. The number of aliphatic imine (C=N–C) groups is 2. The van der Waals surface area contributed by atoms with Crippen LogP contribution in [0.4, 0.5) is 11.4 Å². The SMILES string of the molecule is O=C1CC(=Nc2ccc(Cl)cc2)C(=O)CC1=Nc1ccc(Cl)cc1. The van der Waals surface area contributed by atoms with Crippen LogP contribution >= 0.6 is 23.2 Å². The highest BCUT2D eigenvalue weighted by atomic mass is 35.5. The van der Waals surface area contributed by atoms with E-state index in [9.17, 15) is 9.59 Å². The molecule has 0 saturated heterocycles. The van der Waals surface area contributed by atoms with Crippen LogP contribution in [0.2, 0.25) is 10.0 Å². The van der Waals surface area contributed by atoms with Crippen LogP contribution in [-0.4, -0.2) is 23.0 Å². The second-order valence-electron chi connectivity index (χ2n) is 5.27. The molecule has 0 atom stereocenters. The number of carbonyl (C=O) groups excluding carboxylic acids is 2. The number of halogens is 2. The summed E-state index contributed by atoms with van der Waals surface area (Å²) in [6, 6.07) is 13.5. The largest absolute Gasteiger partial charge is 0.292 e. The van der Waals surface area contributed by atoms with Crippen LogP contribution in [0, 0.1) is 0 Å². The number of hydrogen-bond donors (Lipinski definition) is 0. The van der Waals surface area contributed by atoms with E-state index in [0.717, 1.165) is 0 Å². The number of hydrogen-bond acceptors (Lipinski definition) is 4. The predicted molar refractivity (Wildman–Crippen MR) is 96.3 cm³/mol. The third-order valence-electron chi connectivity index (χ3n) is 3.48. The zero-order valence-corrected chi connectivity index (χ0v) is 14.0. The van der Waals surface area contributed by atoms with E-state index < -0.39 is 0 Å². The Hall–Kier alpha value is -2.30. The van der Waals surface area contributed by atoms with Crippen LogP contribution in [0.3, 0.4) is 0 Å². The van der Waals surface area contributed by atoms with Crippen molar-refractivity contribution in [2.75, 3.05) is 0 Å². The first kappa shape index (κ1) is 16.6. The molecule has 0 bridgehead atoms. The summed E-state index contributed by atoms with van der Waals surface area (Å²) in [5.41, 5.74) is 1.68. The van der Waals surface area contributed by atoms with Crippen molar-refractivity contribution < 1.29 is 9.59 Å². The molecule has 0 radical (unpaired) electrons. The third-order valence-corrected chi connectivity index (χ3v) is 3.99. The molecule has 0 heterocycles. The molecule has 2 aromatic rings. The molecule has 4 nitrogen and oxygen atoms in total. The van der Waals surface area contributed by atoms with Gasteiger partial charge < -0.3 is 0 Å². The van der Waals surface area contributed by atoms with E-state index in [0.29, 0.717) is 21.4 Å². The van der Waals surface area contributed by atoms with Gasteiger partial charge in [0.05, 0.1) is 35.6 Å². The van der Waals surface area contributed by atoms with E-state index in [1.165, 1.54) is 0 Å². The number of ketones is 2. The van der Waals surface area contributed by atoms with Gasteiger partial charge >= 0.3 is 0 Å². The fourth-order valence-corrected chi connectivity index (χ4v) is 2.50. The molecule has 0 spiro atoms. The minimum Gasteiger partial charge on any atom is -0.292 e. The summed E-state index contributed by atoms with van der Waals surface area (Å²) in [6.45, 7) is 0. The molecule has 1 fully saturated rings. The normalized spacial score (nSPS) is 18.4. The Labute approximate surface area is 148 Å². The molecule has 120 valence electrons. The fourth-order valence-electron chi connectivity index (χ4n) is 2.25. The van der Waals surface area contributed by atoms with Crippen molar-refractivity contribution in [2.24, 2.45) is 9.98 Å². The Kier molecular flexibility index (Phi) is 4.88. The standard InChI is InChI=1S/C18H12Cl2N2O2/c19-11-1-5-13(6-2-11)21-15-9-18(24)16(10-17(15)23)22-14-7-3-12(20)4-8-14/h1-8H,9-10H2. The number of nitrogens with zero attached hydrogens (tertiary/aromatic N) is 2. The van der Waals surface area contributed by atoms with E-state index in [4.69, 9.17) is 23.2 Å². The topological polar surface area (TPSA) is 58.9 Å². The smallest absolute Gasteiger partial charge is 0.183 e. The Morgan fingerprint density at radius 1 is 0.625 bits per heavy atom. The van der Waals surface area contributed by atoms with Crippen molar-refractivity contribution in [2.45, 2.75) is 12.8 Å². The molecule has 3 rings (SSSR count). The van der Waals surface area contributed by atoms with Gasteiger partial charge in [0, 0.05) is 10.0 Å². The van der Waals surface area contributed by atoms with Crippen LogP contribution < -0.4 is 0 Å². The molecule has 1 aliphatic carbocycles. The average Bonchev–Trinajstić information content (AvgIpc) is 2.56. The van der Waals surface area contributed by atoms with Gasteiger partial charge in [-0.2, -0.15) is 0 Å². The monoisotopic (exact) mass is 358 g/mol. The second-order valence-corrected chi connectivity index (χ2v) is 6.14. The summed E-state index contributed by atoms with van der Waals surface area (Å²) in [5.74, 6) is -0.394. The maximum Gasteiger partial charge on any atom is 0.183 e. The lowest BCUT2D eigenvalue weighted by Crippen LogP contribution is -2.32. The molecular formula is C18H12Cl2N2O2. The zero-order chi connectivity index (χ0) is 17.1. The molecule has 0 aliphatic heterocycles. The number of Topliss-reactive ketones (excluding diaryl/α,β-unsaturated/α-hetero) is 2. The van der Waals surface area contributed by atoms with Gasteiger partial charge in [-0.15, -0.1) is 0 Å². The van der Waals surface area contributed by atoms with Crippen molar-refractivity contribution in [3.8, 4) is 0 Å². The quantitative estimate of drug-likeness (QED) is 0.775. The predicted octanol–water partition coefficient (Wildman–Crippen LogP) is 4.77. The molecule has 0 aromatic heterocycles. The van der Waals surface area contributed by atoms with Crippen LogP contribution in [0.1, 0.15) is 12.8 Å². The highest BCUT2D eigenvalue weighted by Gasteiger charge is 2.28. The summed E-state index contributed by atoms with van der Waals surface area (Å²) in [7, 11) is 0. The highest BCUT2D eigenvalue weighted by molar-refractivity contribution is 6.61. The van der Waals surface area contributed by atoms with Gasteiger partial charge in [-0.05, 0) is 48.5 Å². The van der Waals surface area contributed by atoms with Crippen LogP contribution in [0.15, 0.2) is 58.5 Å². The Morgan fingerprint density at radius 2 is 0.958 bits per heavy atom. The first-order chi connectivity index (χ1) is 11.5. The van der Waals surface area contributed by atoms with Crippen LogP contribution in [0.5, 0.6) is 0 Å². The van der Waals surface area contributed by atoms with Gasteiger partial charge in [0.2, 0.25) is 0 Å². The lowest BCUT2D eigenvalue weighted by molar-refractivity contribution is -0.116. The van der Waals surface area contributed by atoms with Gasteiger partial charge in [0.25, 0.3) is 0 Å². The van der Waals surface area contributed by atoms with Crippen LogP contribution in [0.25, 0.3) is 0 Å². The minimum atomic E-state index is -0.197. The zero-order valence-electron chi connectivity index (χ0n) is 12.5. The van der Waals surface area contributed by atoms with Crippen molar-refractivity contribution in [3.05, 3.63) is 58.6 Å². The van der Waals surface area contributed by atoms with Crippen LogP contribution in [-0.2, 0) is 9.59 Å². The summed E-state index contributed by atoms with van der Waals surface area (Å²) in [6.07, 6.45) is -0.0955. The minimum absolute atomic E-state index is 0.0477. The maximum atomic E-state index is 12.3. The molecule has 24 heavy (non-hydrogen) atoms. The van der Waals surface area contributed by atoms with Crippen molar-refractivity contribution in [3.63, 3.8) is 0 Å². The summed E-state index contributed by atoms with van der Waals surface area (Å²) in [5, 5.41) is 1.17. The van der Waals surface area contributed by atoms with Gasteiger partial charge in [0.1, 0.15) is 0 Å². The second kappa shape index (κ2) is 7.07. The fraction of sp³-hybridized carbons (Fsp3) is 0.111. The molecule has 0 unspecified atom stereocenters. The molecule has 1 aliphatic rings. The Morgan fingerprint density at radius 3 is 1.29 bits per heavy atom. The molecule has 0 amide bonds. The van der Waals surface area contributed by atoms with Gasteiger partial charge in [-0.25, -0.2) is 9.98 Å². The van der Waals surface area contributed by atoms with E-state index in [1.807, 2.05) is 0 Å². The molecule has 0 N–H and O–H groups in total. The van der Waals surface area contributed by atoms with E-state index in [1.54, 1.807) is 48.5 Å². The summed E-state index contributed by atoms with van der Waals surface area (Å²) >= 11 is 11.6. The lowest BCUT2D eigenvalue weighted by atomic mass is 9.93. The average molecular weight is 359 g/mol. The van der Waals surface area contributed by atoms with Gasteiger partial charge in [-0.3, -0.25) is 9.59 Å². The van der Waals surface area contributed by atoms with Crippen molar-refractivity contribution >= 4 is 57.6 Å². The summed E-state index contributed by atoms with van der Waals surface area (Å²) < 4.78 is 0. The van der Waals surface area contributed by atoms with Crippen molar-refractivity contribution in [1.29, 1.82) is 0 Å². The third kappa shape index (κ3) is 3.96. The van der Waals surface area contributed by atoms with E-state index >= 15 is 0 Å². The molecule has 2 aromatic carbocycles. The lowest BCUT2D eigenvalue weighted by Gasteiger charge is -2.13. The molecular weight excluding hydrogens is 347 g/mol. The molecule has 6 heteroatoms. The summed E-state index contributed by atoms with van der Waals surface area (Å²) in [4.78, 5) is 33.0. The maximum absolute atomic E-state index is 12.3. The van der Waals surface area contributed by atoms with Gasteiger partial charge in [0.15, 0.2) is 11.6 Å². The van der Waals surface area contributed by atoms with E-state index in [-0.39, 0.29) is 35.8 Å². The first-order valence-corrected chi connectivity index (χ1v) is 7.99.